The number of rotatable bonds is 10. The van der Waals surface area contributed by atoms with Gasteiger partial charge in [-0.1, -0.05) is 30.3 Å². The highest BCUT2D eigenvalue weighted by atomic mass is 32.2. The van der Waals surface area contributed by atoms with Gasteiger partial charge in [-0.3, -0.25) is 9.67 Å². The molecule has 7 nitrogen and oxygen atoms in total. The highest BCUT2D eigenvalue weighted by molar-refractivity contribution is 7.90. The van der Waals surface area contributed by atoms with Crippen LogP contribution < -0.4 is 10.6 Å². The van der Waals surface area contributed by atoms with Gasteiger partial charge in [-0.15, -0.1) is 0 Å². The maximum Gasteiger partial charge on any atom is 0.190 e. The normalized spacial score (nSPS) is 12.2. The molecule has 0 bridgehead atoms. The fourth-order valence-corrected chi connectivity index (χ4v) is 4.39. The summed E-state index contributed by atoms with van der Waals surface area (Å²) in [4.78, 5) is 4.18. The van der Waals surface area contributed by atoms with Gasteiger partial charge in [0.25, 0.3) is 0 Å². The van der Waals surface area contributed by atoms with E-state index < -0.39 is 9.84 Å². The van der Waals surface area contributed by atoms with Crippen molar-refractivity contribution in [3.8, 4) is 0 Å². The molecule has 0 radical (unpaired) electrons. The van der Waals surface area contributed by atoms with Gasteiger partial charge in [-0.25, -0.2) is 8.42 Å². The van der Waals surface area contributed by atoms with Crippen molar-refractivity contribution in [2.45, 2.75) is 39.0 Å². The molecule has 0 saturated carbocycles. The number of nitrogens with one attached hydrogen (secondary N) is 2. The summed E-state index contributed by atoms with van der Waals surface area (Å²) in [5, 5.41) is 10.9. The van der Waals surface area contributed by atoms with Gasteiger partial charge in [0.1, 0.15) is 0 Å². The third-order valence-corrected chi connectivity index (χ3v) is 6.00. The first kappa shape index (κ1) is 21.9. The van der Waals surface area contributed by atoms with Crippen LogP contribution in [0, 0.1) is 13.8 Å². The zero-order valence-electron chi connectivity index (χ0n) is 17.0. The van der Waals surface area contributed by atoms with E-state index in [1.54, 1.807) is 7.05 Å². The van der Waals surface area contributed by atoms with Crippen molar-refractivity contribution in [2.75, 3.05) is 25.9 Å². The molecule has 2 N–H and O–H groups in total. The molecule has 0 spiro atoms. The minimum Gasteiger partial charge on any atom is -0.356 e. The lowest BCUT2D eigenvalue weighted by atomic mass is 10.2. The Morgan fingerprint density at radius 1 is 1.11 bits per heavy atom. The number of aromatic nitrogens is 2. The van der Waals surface area contributed by atoms with Crippen LogP contribution in [0.5, 0.6) is 0 Å². The molecule has 0 saturated heterocycles. The topological polar surface area (TPSA) is 88.4 Å². The summed E-state index contributed by atoms with van der Waals surface area (Å²) in [6.07, 6.45) is 1.47. The van der Waals surface area contributed by atoms with Gasteiger partial charge >= 0.3 is 0 Å². The Morgan fingerprint density at radius 3 is 2.39 bits per heavy atom. The molecular formula is C20H31N5O2S. The van der Waals surface area contributed by atoms with Crippen LogP contribution in [0.2, 0.25) is 0 Å². The highest BCUT2D eigenvalue weighted by Crippen LogP contribution is 2.07. The molecule has 8 heteroatoms. The molecule has 2 aromatic rings. The first-order valence-electron chi connectivity index (χ1n) is 9.59. The molecule has 0 amide bonds. The summed E-state index contributed by atoms with van der Waals surface area (Å²) in [5.74, 6) is 0.936. The van der Waals surface area contributed by atoms with Crippen LogP contribution in [-0.2, 0) is 22.1 Å². The maximum absolute atomic E-state index is 12.2. The van der Waals surface area contributed by atoms with E-state index in [2.05, 4.69) is 33.7 Å². The van der Waals surface area contributed by atoms with Crippen molar-refractivity contribution in [1.29, 1.82) is 0 Å². The SMILES string of the molecule is CN=C(NCCCn1nc(C)cc1C)NCCCS(=O)(=O)Cc1ccccc1. The number of guanidine groups is 1. The van der Waals surface area contributed by atoms with E-state index in [9.17, 15) is 8.42 Å². The van der Waals surface area contributed by atoms with Crippen LogP contribution >= 0.6 is 0 Å². The Kier molecular flexibility index (Phi) is 8.50. The van der Waals surface area contributed by atoms with Gasteiger partial charge in [-0.05, 0) is 38.3 Å². The minimum absolute atomic E-state index is 0.0904. The van der Waals surface area contributed by atoms with E-state index in [-0.39, 0.29) is 11.5 Å². The van der Waals surface area contributed by atoms with Crippen LogP contribution in [0.4, 0.5) is 0 Å². The molecular weight excluding hydrogens is 374 g/mol. The van der Waals surface area contributed by atoms with Gasteiger partial charge in [0, 0.05) is 32.4 Å². The van der Waals surface area contributed by atoms with E-state index in [4.69, 9.17) is 0 Å². The average molecular weight is 406 g/mol. The number of aryl methyl sites for hydroxylation is 3. The predicted octanol–water partition coefficient (Wildman–Crippen LogP) is 2.06. The van der Waals surface area contributed by atoms with Crippen LogP contribution in [0.15, 0.2) is 41.4 Å². The largest absolute Gasteiger partial charge is 0.356 e. The number of hydrogen-bond donors (Lipinski definition) is 2. The Morgan fingerprint density at radius 2 is 1.79 bits per heavy atom. The third-order valence-electron chi connectivity index (χ3n) is 4.32. The van der Waals surface area contributed by atoms with E-state index in [1.807, 2.05) is 41.9 Å². The summed E-state index contributed by atoms with van der Waals surface area (Å²) < 4.78 is 26.4. The second-order valence-corrected chi connectivity index (χ2v) is 9.04. The number of sulfone groups is 1. The van der Waals surface area contributed by atoms with Gasteiger partial charge in [0.05, 0.1) is 17.2 Å². The molecule has 0 atom stereocenters. The fourth-order valence-electron chi connectivity index (χ4n) is 2.96. The lowest BCUT2D eigenvalue weighted by Gasteiger charge is -2.12. The Hall–Kier alpha value is -2.35. The summed E-state index contributed by atoms with van der Waals surface area (Å²) in [7, 11) is -1.39. The van der Waals surface area contributed by atoms with Crippen molar-refractivity contribution in [2.24, 2.45) is 4.99 Å². The van der Waals surface area contributed by atoms with Gasteiger partial charge in [-0.2, -0.15) is 5.10 Å². The van der Waals surface area contributed by atoms with Crippen molar-refractivity contribution < 1.29 is 8.42 Å². The second-order valence-electron chi connectivity index (χ2n) is 6.86. The van der Waals surface area contributed by atoms with Gasteiger partial charge in [0.2, 0.25) is 0 Å². The molecule has 1 heterocycles. The number of nitrogens with zero attached hydrogens (tertiary/aromatic N) is 3. The summed E-state index contributed by atoms with van der Waals surface area (Å²) >= 11 is 0. The molecule has 0 aliphatic heterocycles. The Bertz CT molecular complexity index is 860. The highest BCUT2D eigenvalue weighted by Gasteiger charge is 2.11. The minimum atomic E-state index is -3.10. The van der Waals surface area contributed by atoms with Crippen molar-refractivity contribution in [3.63, 3.8) is 0 Å². The summed E-state index contributed by atoms with van der Waals surface area (Å²) in [6.45, 7) is 6.23. The number of aliphatic imine (C=N–C) groups is 1. The van der Waals surface area contributed by atoms with E-state index in [0.29, 0.717) is 18.9 Å². The van der Waals surface area contributed by atoms with E-state index in [1.165, 1.54) is 0 Å². The molecule has 154 valence electrons. The quantitative estimate of drug-likeness (QED) is 0.359. The molecule has 2 rings (SSSR count). The monoisotopic (exact) mass is 405 g/mol. The van der Waals surface area contributed by atoms with Crippen molar-refractivity contribution >= 4 is 15.8 Å². The molecule has 0 fully saturated rings. The van der Waals surface area contributed by atoms with Crippen LogP contribution in [-0.4, -0.2) is 50.0 Å². The predicted molar refractivity (Wildman–Crippen MR) is 114 cm³/mol. The van der Waals surface area contributed by atoms with Gasteiger partial charge in [0.15, 0.2) is 15.8 Å². The van der Waals surface area contributed by atoms with Gasteiger partial charge < -0.3 is 10.6 Å². The first-order valence-corrected chi connectivity index (χ1v) is 11.4. The zero-order chi connectivity index (χ0) is 20.4. The van der Waals surface area contributed by atoms with E-state index >= 15 is 0 Å². The van der Waals surface area contributed by atoms with Crippen LogP contribution in [0.25, 0.3) is 0 Å². The molecule has 0 aliphatic rings. The fraction of sp³-hybridized carbons (Fsp3) is 0.500. The smallest absolute Gasteiger partial charge is 0.190 e. The van der Waals surface area contributed by atoms with Crippen LogP contribution in [0.3, 0.4) is 0 Å². The Balaban J connectivity index is 1.63. The standard InChI is InChI=1S/C20H31N5O2S/c1-17-15-18(2)25(24-17)13-7-11-22-20(21-3)23-12-8-14-28(26,27)16-19-9-5-4-6-10-19/h4-6,9-10,15H,7-8,11-14,16H2,1-3H3,(H2,21,22,23). The third kappa shape index (κ3) is 7.72. The maximum atomic E-state index is 12.2. The van der Waals surface area contributed by atoms with Crippen molar-refractivity contribution in [1.82, 2.24) is 20.4 Å². The lowest BCUT2D eigenvalue weighted by molar-refractivity contribution is 0.555. The average Bonchev–Trinajstić information content (AvgIpc) is 2.98. The molecule has 28 heavy (non-hydrogen) atoms. The summed E-state index contributed by atoms with van der Waals surface area (Å²) in [6, 6.07) is 11.4. The van der Waals surface area contributed by atoms with Crippen molar-refractivity contribution in [3.05, 3.63) is 53.3 Å². The molecule has 0 aliphatic carbocycles. The molecule has 0 unspecified atom stereocenters. The lowest BCUT2D eigenvalue weighted by Crippen LogP contribution is -2.38. The number of hydrogen-bond acceptors (Lipinski definition) is 4. The Labute approximate surface area is 168 Å². The second kappa shape index (κ2) is 10.8. The molecule has 1 aromatic heterocycles. The summed E-state index contributed by atoms with van der Waals surface area (Å²) in [5.41, 5.74) is 3.03. The van der Waals surface area contributed by atoms with Crippen LogP contribution in [0.1, 0.15) is 29.8 Å². The number of benzene rings is 1. The van der Waals surface area contributed by atoms with E-state index in [0.717, 1.165) is 36.5 Å². The zero-order valence-corrected chi connectivity index (χ0v) is 17.8. The first-order chi connectivity index (χ1) is 13.4. The molecule has 1 aromatic carbocycles.